The summed E-state index contributed by atoms with van der Waals surface area (Å²) < 4.78 is 1.94. The number of piperazine rings is 1. The predicted molar refractivity (Wildman–Crippen MR) is 107 cm³/mol. The number of aryl methyl sites for hydroxylation is 2. The molecule has 2 aromatic heterocycles. The van der Waals surface area contributed by atoms with Crippen molar-refractivity contribution in [1.29, 1.82) is 0 Å². The van der Waals surface area contributed by atoms with Crippen LogP contribution in [0.4, 0.5) is 0 Å². The second-order valence-corrected chi connectivity index (χ2v) is 7.94. The van der Waals surface area contributed by atoms with Crippen molar-refractivity contribution < 1.29 is 9.59 Å². The first-order chi connectivity index (χ1) is 14.0. The highest BCUT2D eigenvalue weighted by atomic mass is 16.2. The van der Waals surface area contributed by atoms with Crippen molar-refractivity contribution in [2.24, 2.45) is 5.92 Å². The molecule has 0 aliphatic carbocycles. The summed E-state index contributed by atoms with van der Waals surface area (Å²) in [6, 6.07) is 0. The molecule has 4 heterocycles. The molecule has 9 nitrogen and oxygen atoms in total. The Hall–Kier alpha value is -2.81. The summed E-state index contributed by atoms with van der Waals surface area (Å²) in [5, 5.41) is 7.38. The van der Waals surface area contributed by atoms with Crippen molar-refractivity contribution in [3.8, 4) is 0 Å². The lowest BCUT2D eigenvalue weighted by Gasteiger charge is -2.32. The minimum Gasteiger partial charge on any atom is -0.350 e. The van der Waals surface area contributed by atoms with Crippen molar-refractivity contribution in [2.45, 2.75) is 26.3 Å². The monoisotopic (exact) mass is 397 g/mol. The summed E-state index contributed by atoms with van der Waals surface area (Å²) in [4.78, 5) is 37.7. The normalized spacial score (nSPS) is 19.7. The molecule has 2 aliphatic rings. The third kappa shape index (κ3) is 4.29. The molecular weight excluding hydrogens is 370 g/mol. The van der Waals surface area contributed by atoms with Gasteiger partial charge < -0.3 is 15.1 Å². The van der Waals surface area contributed by atoms with Gasteiger partial charge in [-0.15, -0.1) is 0 Å². The van der Waals surface area contributed by atoms with E-state index in [2.05, 4.69) is 32.3 Å². The predicted octanol–water partition coefficient (Wildman–Crippen LogP) is 0.362. The van der Waals surface area contributed by atoms with E-state index in [-0.39, 0.29) is 17.7 Å². The first-order valence-corrected chi connectivity index (χ1v) is 10.1. The van der Waals surface area contributed by atoms with Crippen LogP contribution in [0.2, 0.25) is 0 Å². The summed E-state index contributed by atoms with van der Waals surface area (Å²) in [5.74, 6) is 0.116. The van der Waals surface area contributed by atoms with Gasteiger partial charge >= 0.3 is 0 Å². The first kappa shape index (κ1) is 19.5. The van der Waals surface area contributed by atoms with Crippen LogP contribution in [0.3, 0.4) is 0 Å². The number of fused-ring (bicyclic) bond motifs is 1. The van der Waals surface area contributed by atoms with Crippen molar-refractivity contribution in [3.63, 3.8) is 0 Å². The van der Waals surface area contributed by atoms with Crippen LogP contribution in [0.1, 0.15) is 38.7 Å². The van der Waals surface area contributed by atoms with Gasteiger partial charge in [0.15, 0.2) is 0 Å². The minimum atomic E-state index is -0.217. The zero-order valence-electron chi connectivity index (χ0n) is 17.0. The molecule has 2 amide bonds. The summed E-state index contributed by atoms with van der Waals surface area (Å²) >= 11 is 0. The number of carbonyl (C=O) groups is 2. The van der Waals surface area contributed by atoms with Crippen LogP contribution in [0.5, 0.6) is 0 Å². The van der Waals surface area contributed by atoms with Gasteiger partial charge in [-0.25, -0.2) is 4.98 Å². The number of nitrogens with one attached hydrogen (secondary N) is 1. The smallest absolute Gasteiger partial charge is 0.271 e. The van der Waals surface area contributed by atoms with Gasteiger partial charge in [-0.05, 0) is 32.7 Å². The average Bonchev–Trinajstić information content (AvgIpc) is 3.16. The highest BCUT2D eigenvalue weighted by molar-refractivity contribution is 5.95. The quantitative estimate of drug-likeness (QED) is 0.800. The van der Waals surface area contributed by atoms with Crippen molar-refractivity contribution >= 4 is 11.8 Å². The molecule has 9 heteroatoms. The first-order valence-electron chi connectivity index (χ1n) is 10.1. The Morgan fingerprint density at radius 2 is 1.90 bits per heavy atom. The SMILES string of the molecule is Cc1cnc(C(=O)NC[C@H]2CCn3ncc(C(=O)N4CCN(C)CC4)c3C2)cn1. The van der Waals surface area contributed by atoms with Gasteiger partial charge in [0, 0.05) is 45.5 Å². The summed E-state index contributed by atoms with van der Waals surface area (Å²) in [6.07, 6.45) is 6.43. The Labute approximate surface area is 170 Å². The largest absolute Gasteiger partial charge is 0.350 e. The zero-order chi connectivity index (χ0) is 20.4. The molecule has 29 heavy (non-hydrogen) atoms. The molecule has 1 N–H and O–H groups in total. The molecule has 0 radical (unpaired) electrons. The van der Waals surface area contributed by atoms with E-state index in [1.807, 2.05) is 16.5 Å². The second kappa shape index (κ2) is 8.28. The fraction of sp³-hybridized carbons (Fsp3) is 0.550. The van der Waals surface area contributed by atoms with E-state index in [1.54, 1.807) is 12.4 Å². The van der Waals surface area contributed by atoms with Crippen LogP contribution < -0.4 is 5.32 Å². The molecule has 4 rings (SSSR count). The highest BCUT2D eigenvalue weighted by Gasteiger charge is 2.29. The lowest BCUT2D eigenvalue weighted by atomic mass is 9.94. The Balaban J connectivity index is 1.38. The van der Waals surface area contributed by atoms with Gasteiger partial charge in [0.05, 0.1) is 29.3 Å². The van der Waals surface area contributed by atoms with Gasteiger partial charge in [-0.2, -0.15) is 5.10 Å². The van der Waals surface area contributed by atoms with E-state index >= 15 is 0 Å². The van der Waals surface area contributed by atoms with Gasteiger partial charge in [0.1, 0.15) is 5.69 Å². The molecule has 0 bridgehead atoms. The van der Waals surface area contributed by atoms with E-state index < -0.39 is 0 Å². The fourth-order valence-corrected chi connectivity index (χ4v) is 3.87. The van der Waals surface area contributed by atoms with Gasteiger partial charge in [0.25, 0.3) is 11.8 Å². The Bertz CT molecular complexity index is 885. The number of aromatic nitrogens is 4. The van der Waals surface area contributed by atoms with Crippen LogP contribution in [0.15, 0.2) is 18.6 Å². The topological polar surface area (TPSA) is 96.2 Å². The van der Waals surface area contributed by atoms with Crippen LogP contribution in [0.25, 0.3) is 0 Å². The molecule has 0 unspecified atom stereocenters. The zero-order valence-corrected chi connectivity index (χ0v) is 17.0. The molecule has 2 aliphatic heterocycles. The van der Waals surface area contributed by atoms with E-state index in [0.717, 1.165) is 57.0 Å². The lowest BCUT2D eigenvalue weighted by Crippen LogP contribution is -2.47. The number of hydrogen-bond donors (Lipinski definition) is 1. The molecule has 0 aromatic carbocycles. The third-order valence-corrected chi connectivity index (χ3v) is 5.77. The molecule has 0 saturated carbocycles. The molecule has 1 fully saturated rings. The number of likely N-dealkylation sites (N-methyl/N-ethyl adjacent to an activating group) is 1. The molecule has 1 atom stereocenters. The lowest BCUT2D eigenvalue weighted by molar-refractivity contribution is 0.0661. The molecule has 0 spiro atoms. The summed E-state index contributed by atoms with van der Waals surface area (Å²) in [7, 11) is 2.07. The Morgan fingerprint density at radius 1 is 1.10 bits per heavy atom. The van der Waals surface area contributed by atoms with Crippen LogP contribution >= 0.6 is 0 Å². The van der Waals surface area contributed by atoms with Crippen molar-refractivity contribution in [1.82, 2.24) is 34.9 Å². The number of carbonyl (C=O) groups excluding carboxylic acids is 2. The molecule has 154 valence electrons. The average molecular weight is 397 g/mol. The van der Waals surface area contributed by atoms with Crippen molar-refractivity contribution in [3.05, 3.63) is 41.2 Å². The van der Waals surface area contributed by atoms with Crippen molar-refractivity contribution in [2.75, 3.05) is 39.8 Å². The van der Waals surface area contributed by atoms with Crippen LogP contribution in [-0.2, 0) is 13.0 Å². The molecule has 1 saturated heterocycles. The molecule has 2 aromatic rings. The summed E-state index contributed by atoms with van der Waals surface area (Å²) in [6.45, 7) is 6.42. The highest BCUT2D eigenvalue weighted by Crippen LogP contribution is 2.24. The third-order valence-electron chi connectivity index (χ3n) is 5.77. The van der Waals surface area contributed by atoms with E-state index in [0.29, 0.717) is 17.8 Å². The number of nitrogens with zero attached hydrogens (tertiary/aromatic N) is 6. The van der Waals surface area contributed by atoms with Gasteiger partial charge in [-0.3, -0.25) is 19.3 Å². The number of rotatable bonds is 4. The minimum absolute atomic E-state index is 0.0685. The van der Waals surface area contributed by atoms with Gasteiger partial charge in [0.2, 0.25) is 0 Å². The Morgan fingerprint density at radius 3 is 2.62 bits per heavy atom. The molecular formula is C20H27N7O2. The maximum atomic E-state index is 13.0. The standard InChI is InChI=1S/C20H27N7O2/c1-14-10-22-17(13-21-14)19(28)23-11-15-3-4-27-18(9-15)16(12-24-27)20(29)26-7-5-25(2)6-8-26/h10,12-13,15H,3-9,11H2,1-2H3,(H,23,28)/t15-/m0/s1. The number of hydrogen-bond acceptors (Lipinski definition) is 6. The fourth-order valence-electron chi connectivity index (χ4n) is 3.87. The van der Waals surface area contributed by atoms with Crippen LogP contribution in [-0.4, -0.2) is 81.1 Å². The van der Waals surface area contributed by atoms with Crippen LogP contribution in [0, 0.1) is 12.8 Å². The number of amides is 2. The Kier molecular flexibility index (Phi) is 5.57. The maximum Gasteiger partial charge on any atom is 0.271 e. The van der Waals surface area contributed by atoms with Gasteiger partial charge in [-0.1, -0.05) is 0 Å². The summed E-state index contributed by atoms with van der Waals surface area (Å²) in [5.41, 5.74) is 2.78. The van der Waals surface area contributed by atoms with E-state index in [1.165, 1.54) is 6.20 Å². The maximum absolute atomic E-state index is 13.0. The van der Waals surface area contributed by atoms with E-state index in [4.69, 9.17) is 0 Å². The van der Waals surface area contributed by atoms with E-state index in [9.17, 15) is 9.59 Å². The second-order valence-electron chi connectivity index (χ2n) is 7.94.